The number of rotatable bonds is 5. The molecule has 1 aromatic heterocycles. The van der Waals surface area contributed by atoms with Gasteiger partial charge in [0.15, 0.2) is 0 Å². The highest BCUT2D eigenvalue weighted by Crippen LogP contribution is 2.36. The summed E-state index contributed by atoms with van der Waals surface area (Å²) in [6, 6.07) is 2.85. The number of carbonyl (C=O) groups is 1. The molecule has 0 bridgehead atoms. The van der Waals surface area contributed by atoms with Crippen LogP contribution in [0.2, 0.25) is 0 Å². The van der Waals surface area contributed by atoms with Gasteiger partial charge in [0.05, 0.1) is 17.7 Å². The minimum Gasteiger partial charge on any atom is -0.300 e. The van der Waals surface area contributed by atoms with Crippen molar-refractivity contribution in [2.24, 2.45) is 0 Å². The van der Waals surface area contributed by atoms with Crippen LogP contribution >= 0.6 is 11.3 Å². The van der Waals surface area contributed by atoms with Crippen LogP contribution in [0.4, 0.5) is 17.6 Å². The SMILES string of the molecule is CC(=O)Cc1nc(-c2cc(F)cc(C(F)(F)F)c2)c(CN2CCCC[C@H]2C)s1. The third-order valence-corrected chi connectivity index (χ3v) is 5.97. The number of hydrogen-bond donors (Lipinski definition) is 0. The monoisotopic (exact) mass is 414 g/mol. The maximum atomic E-state index is 13.9. The summed E-state index contributed by atoms with van der Waals surface area (Å²) in [5, 5.41) is 0.542. The van der Waals surface area contributed by atoms with E-state index in [1.807, 2.05) is 0 Å². The Labute approximate surface area is 165 Å². The molecule has 2 heterocycles. The Bertz CT molecular complexity index is 862. The Kier molecular flexibility index (Phi) is 6.19. The number of aromatic nitrogens is 1. The summed E-state index contributed by atoms with van der Waals surface area (Å²) in [5.74, 6) is -1.03. The number of carbonyl (C=O) groups excluding carboxylic acids is 1. The van der Waals surface area contributed by atoms with Crippen molar-refractivity contribution in [2.75, 3.05) is 6.54 Å². The number of thiazole rings is 1. The maximum Gasteiger partial charge on any atom is 0.416 e. The number of Topliss-reactive ketones (excluding diaryl/α,β-unsaturated/α-hetero) is 1. The summed E-state index contributed by atoms with van der Waals surface area (Å²) in [6.45, 7) is 5.00. The van der Waals surface area contributed by atoms with Crippen LogP contribution in [-0.4, -0.2) is 28.3 Å². The van der Waals surface area contributed by atoms with E-state index in [4.69, 9.17) is 0 Å². The van der Waals surface area contributed by atoms with Gasteiger partial charge in [0.25, 0.3) is 0 Å². The third-order valence-electron chi connectivity index (χ3n) is 4.93. The highest BCUT2D eigenvalue weighted by molar-refractivity contribution is 7.12. The normalized spacial score (nSPS) is 18.4. The van der Waals surface area contributed by atoms with E-state index in [0.717, 1.165) is 42.8 Å². The molecule has 0 saturated carbocycles. The van der Waals surface area contributed by atoms with Crippen LogP contribution in [0.5, 0.6) is 0 Å². The molecule has 1 aliphatic heterocycles. The van der Waals surface area contributed by atoms with Crippen LogP contribution in [0, 0.1) is 5.82 Å². The fourth-order valence-corrected chi connectivity index (χ4v) is 4.68. The number of likely N-dealkylation sites (tertiary alicyclic amines) is 1. The Morgan fingerprint density at radius 2 is 2.04 bits per heavy atom. The van der Waals surface area contributed by atoms with E-state index in [-0.39, 0.29) is 17.8 Å². The number of hydrogen-bond acceptors (Lipinski definition) is 4. The number of alkyl halides is 3. The predicted molar refractivity (Wildman–Crippen MR) is 101 cm³/mol. The van der Waals surface area contributed by atoms with Crippen LogP contribution < -0.4 is 0 Å². The first-order chi connectivity index (χ1) is 13.1. The van der Waals surface area contributed by atoms with Gasteiger partial charge in [0.2, 0.25) is 0 Å². The zero-order chi connectivity index (χ0) is 20.5. The second-order valence-corrected chi connectivity index (χ2v) is 8.47. The Hall–Kier alpha value is -1.80. The van der Waals surface area contributed by atoms with E-state index in [0.29, 0.717) is 29.4 Å². The van der Waals surface area contributed by atoms with Gasteiger partial charge in [-0.25, -0.2) is 9.37 Å². The third kappa shape index (κ3) is 4.97. The van der Waals surface area contributed by atoms with Gasteiger partial charge in [-0.15, -0.1) is 11.3 Å². The van der Waals surface area contributed by atoms with Crippen molar-refractivity contribution in [2.45, 2.75) is 58.3 Å². The topological polar surface area (TPSA) is 33.2 Å². The lowest BCUT2D eigenvalue weighted by Crippen LogP contribution is -2.36. The van der Waals surface area contributed by atoms with Crippen LogP contribution in [0.15, 0.2) is 18.2 Å². The van der Waals surface area contributed by atoms with Crippen LogP contribution in [0.1, 0.15) is 48.6 Å². The average Bonchev–Trinajstić information content (AvgIpc) is 2.97. The smallest absolute Gasteiger partial charge is 0.300 e. The molecule has 0 N–H and O–H groups in total. The summed E-state index contributed by atoms with van der Waals surface area (Å²) >= 11 is 1.32. The van der Waals surface area contributed by atoms with Crippen LogP contribution in [-0.2, 0) is 23.9 Å². The van der Waals surface area contributed by atoms with Crippen molar-refractivity contribution in [1.29, 1.82) is 0 Å². The van der Waals surface area contributed by atoms with Crippen molar-refractivity contribution in [3.63, 3.8) is 0 Å². The number of nitrogens with zero attached hydrogens (tertiary/aromatic N) is 2. The second-order valence-electron chi connectivity index (χ2n) is 7.30. The lowest BCUT2D eigenvalue weighted by atomic mass is 10.0. The first kappa shape index (κ1) is 20.9. The molecule has 8 heteroatoms. The fourth-order valence-electron chi connectivity index (χ4n) is 3.49. The molecule has 0 unspecified atom stereocenters. The molecular weight excluding hydrogens is 392 g/mol. The van der Waals surface area contributed by atoms with Crippen molar-refractivity contribution >= 4 is 17.1 Å². The Morgan fingerprint density at radius 3 is 2.68 bits per heavy atom. The zero-order valence-electron chi connectivity index (χ0n) is 15.8. The number of halogens is 4. The minimum absolute atomic E-state index is 0.0755. The second kappa shape index (κ2) is 8.29. The summed E-state index contributed by atoms with van der Waals surface area (Å²) in [4.78, 5) is 18.9. The molecule has 3 nitrogen and oxygen atoms in total. The molecule has 1 aliphatic rings. The lowest BCUT2D eigenvalue weighted by molar-refractivity contribution is -0.137. The van der Waals surface area contributed by atoms with Gasteiger partial charge in [-0.2, -0.15) is 13.2 Å². The highest BCUT2D eigenvalue weighted by atomic mass is 32.1. The lowest BCUT2D eigenvalue weighted by Gasteiger charge is -2.33. The molecule has 1 aromatic carbocycles. The van der Waals surface area contributed by atoms with Gasteiger partial charge < -0.3 is 0 Å². The number of benzene rings is 1. The van der Waals surface area contributed by atoms with Crippen molar-refractivity contribution < 1.29 is 22.4 Å². The highest BCUT2D eigenvalue weighted by Gasteiger charge is 2.32. The summed E-state index contributed by atoms with van der Waals surface area (Å²) in [5.41, 5.74) is -0.608. The van der Waals surface area contributed by atoms with Crippen LogP contribution in [0.25, 0.3) is 11.3 Å². The Morgan fingerprint density at radius 1 is 1.29 bits per heavy atom. The molecule has 1 fully saturated rings. The molecule has 1 saturated heterocycles. The number of piperidine rings is 1. The number of ketones is 1. The fraction of sp³-hybridized carbons (Fsp3) is 0.500. The molecular formula is C20H22F4N2OS. The van der Waals surface area contributed by atoms with Crippen molar-refractivity contribution in [3.8, 4) is 11.3 Å². The quantitative estimate of drug-likeness (QED) is 0.608. The average molecular weight is 414 g/mol. The molecule has 0 spiro atoms. The summed E-state index contributed by atoms with van der Waals surface area (Å²) in [7, 11) is 0. The molecule has 152 valence electrons. The maximum absolute atomic E-state index is 13.9. The van der Waals surface area contributed by atoms with Gasteiger partial charge in [-0.05, 0) is 51.4 Å². The molecule has 0 aliphatic carbocycles. The molecule has 2 aromatic rings. The Balaban J connectivity index is 2.02. The van der Waals surface area contributed by atoms with E-state index in [1.54, 1.807) is 0 Å². The van der Waals surface area contributed by atoms with E-state index < -0.39 is 17.6 Å². The van der Waals surface area contributed by atoms with Gasteiger partial charge in [-0.3, -0.25) is 9.69 Å². The van der Waals surface area contributed by atoms with Gasteiger partial charge in [-0.1, -0.05) is 6.42 Å². The minimum atomic E-state index is -4.64. The van der Waals surface area contributed by atoms with Crippen LogP contribution in [0.3, 0.4) is 0 Å². The predicted octanol–water partition coefficient (Wildman–Crippen LogP) is 5.47. The van der Waals surface area contributed by atoms with Gasteiger partial charge in [0, 0.05) is 23.0 Å². The van der Waals surface area contributed by atoms with E-state index >= 15 is 0 Å². The van der Waals surface area contributed by atoms with Gasteiger partial charge >= 0.3 is 6.18 Å². The van der Waals surface area contributed by atoms with E-state index in [1.165, 1.54) is 18.3 Å². The van der Waals surface area contributed by atoms with E-state index in [9.17, 15) is 22.4 Å². The summed E-state index contributed by atoms with van der Waals surface area (Å²) in [6.07, 6.45) is -1.24. The molecule has 0 amide bonds. The molecule has 3 rings (SSSR count). The zero-order valence-corrected chi connectivity index (χ0v) is 16.6. The first-order valence-corrected chi connectivity index (χ1v) is 10.1. The molecule has 0 radical (unpaired) electrons. The summed E-state index contributed by atoms with van der Waals surface area (Å²) < 4.78 is 53.3. The van der Waals surface area contributed by atoms with E-state index in [2.05, 4.69) is 16.8 Å². The van der Waals surface area contributed by atoms with Gasteiger partial charge in [0.1, 0.15) is 16.6 Å². The molecule has 1 atom stereocenters. The largest absolute Gasteiger partial charge is 0.416 e. The molecule has 28 heavy (non-hydrogen) atoms. The van der Waals surface area contributed by atoms with Crippen molar-refractivity contribution in [3.05, 3.63) is 39.5 Å². The first-order valence-electron chi connectivity index (χ1n) is 9.23. The standard InChI is InChI=1S/C20H22F4N2OS/c1-12-5-3-4-6-26(12)11-17-19(25-18(28-17)7-13(2)27)14-8-15(20(22,23)24)10-16(21)9-14/h8-10,12H,3-7,11H2,1-2H3/t12-/m1/s1. The van der Waals surface area contributed by atoms with Crippen molar-refractivity contribution in [1.82, 2.24) is 9.88 Å².